The van der Waals surface area contributed by atoms with Crippen molar-refractivity contribution in [3.63, 3.8) is 0 Å². The predicted octanol–water partition coefficient (Wildman–Crippen LogP) is 3.64. The van der Waals surface area contributed by atoms with E-state index in [0.29, 0.717) is 0 Å². The van der Waals surface area contributed by atoms with E-state index in [0.717, 1.165) is 10.5 Å². The summed E-state index contributed by atoms with van der Waals surface area (Å²) >= 11 is 1.69. The summed E-state index contributed by atoms with van der Waals surface area (Å²) in [6, 6.07) is 16.4. The highest BCUT2D eigenvalue weighted by Crippen LogP contribution is 2.30. The SMILES string of the molecule is Cc1ccc(Sc2ccccc2)c(CO)c1. The number of aryl methyl sites for hydroxylation is 1. The molecule has 2 heteroatoms. The third-order valence-electron chi connectivity index (χ3n) is 2.36. The zero-order valence-electron chi connectivity index (χ0n) is 9.18. The van der Waals surface area contributed by atoms with Crippen molar-refractivity contribution < 1.29 is 5.11 Å². The van der Waals surface area contributed by atoms with E-state index < -0.39 is 0 Å². The molecule has 0 saturated carbocycles. The minimum Gasteiger partial charge on any atom is -0.392 e. The molecule has 82 valence electrons. The zero-order chi connectivity index (χ0) is 11.4. The molecule has 0 spiro atoms. The van der Waals surface area contributed by atoms with Crippen molar-refractivity contribution >= 4 is 11.8 Å². The van der Waals surface area contributed by atoms with Gasteiger partial charge in [0.1, 0.15) is 0 Å². The Morgan fingerprint density at radius 2 is 1.81 bits per heavy atom. The lowest BCUT2D eigenvalue weighted by atomic mass is 10.1. The molecule has 0 unspecified atom stereocenters. The fraction of sp³-hybridized carbons (Fsp3) is 0.143. The molecule has 1 N–H and O–H groups in total. The van der Waals surface area contributed by atoms with Crippen LogP contribution in [0.5, 0.6) is 0 Å². The van der Waals surface area contributed by atoms with Gasteiger partial charge in [0.15, 0.2) is 0 Å². The monoisotopic (exact) mass is 230 g/mol. The topological polar surface area (TPSA) is 20.2 Å². The van der Waals surface area contributed by atoms with Crippen LogP contribution in [0.1, 0.15) is 11.1 Å². The van der Waals surface area contributed by atoms with Crippen LogP contribution in [0.2, 0.25) is 0 Å². The van der Waals surface area contributed by atoms with Crippen LogP contribution >= 0.6 is 11.8 Å². The van der Waals surface area contributed by atoms with Crippen molar-refractivity contribution in [2.24, 2.45) is 0 Å². The van der Waals surface area contributed by atoms with Crippen LogP contribution in [0.3, 0.4) is 0 Å². The van der Waals surface area contributed by atoms with Crippen molar-refractivity contribution in [1.29, 1.82) is 0 Å². The number of hydrogen-bond acceptors (Lipinski definition) is 2. The number of benzene rings is 2. The average Bonchev–Trinajstić information content (AvgIpc) is 2.33. The van der Waals surface area contributed by atoms with E-state index in [9.17, 15) is 5.11 Å². The van der Waals surface area contributed by atoms with Gasteiger partial charge in [-0.05, 0) is 30.7 Å². The maximum Gasteiger partial charge on any atom is 0.0692 e. The molecule has 0 amide bonds. The third-order valence-corrected chi connectivity index (χ3v) is 3.48. The maximum atomic E-state index is 9.31. The highest BCUT2D eigenvalue weighted by atomic mass is 32.2. The molecule has 0 aliphatic rings. The molecule has 0 radical (unpaired) electrons. The van der Waals surface area contributed by atoms with Gasteiger partial charge in [0.05, 0.1) is 6.61 Å². The minimum atomic E-state index is 0.0941. The van der Waals surface area contributed by atoms with Crippen LogP contribution in [0.15, 0.2) is 58.3 Å². The molecular formula is C14H14OS. The van der Waals surface area contributed by atoms with Gasteiger partial charge >= 0.3 is 0 Å². The fourth-order valence-corrected chi connectivity index (χ4v) is 2.48. The number of aliphatic hydroxyl groups is 1. The Kier molecular flexibility index (Phi) is 3.65. The summed E-state index contributed by atoms with van der Waals surface area (Å²) in [6.45, 7) is 2.13. The largest absolute Gasteiger partial charge is 0.392 e. The standard InChI is InChI=1S/C14H14OS/c1-11-7-8-14(12(9-11)10-15)16-13-5-3-2-4-6-13/h2-9,15H,10H2,1H3. The van der Waals surface area contributed by atoms with Gasteiger partial charge in [-0.1, -0.05) is 47.7 Å². The van der Waals surface area contributed by atoms with Gasteiger partial charge in [0, 0.05) is 9.79 Å². The van der Waals surface area contributed by atoms with Crippen molar-refractivity contribution in [1.82, 2.24) is 0 Å². The van der Waals surface area contributed by atoms with Crippen LogP contribution in [-0.2, 0) is 6.61 Å². The van der Waals surface area contributed by atoms with Crippen LogP contribution in [0, 0.1) is 6.92 Å². The van der Waals surface area contributed by atoms with Crippen LogP contribution < -0.4 is 0 Å². The molecule has 0 fully saturated rings. The van der Waals surface area contributed by atoms with Gasteiger partial charge in [-0.2, -0.15) is 0 Å². The molecule has 0 bridgehead atoms. The number of aliphatic hydroxyl groups excluding tert-OH is 1. The Bertz CT molecular complexity index is 465. The summed E-state index contributed by atoms with van der Waals surface area (Å²) < 4.78 is 0. The molecule has 0 atom stereocenters. The van der Waals surface area contributed by atoms with Gasteiger partial charge in [0.25, 0.3) is 0 Å². The van der Waals surface area contributed by atoms with Crippen molar-refractivity contribution in [2.45, 2.75) is 23.3 Å². The van der Waals surface area contributed by atoms with Crippen LogP contribution in [-0.4, -0.2) is 5.11 Å². The second-order valence-electron chi connectivity index (χ2n) is 3.68. The Morgan fingerprint density at radius 3 is 2.50 bits per heavy atom. The van der Waals surface area contributed by atoms with Gasteiger partial charge < -0.3 is 5.11 Å². The van der Waals surface area contributed by atoms with Gasteiger partial charge in [-0.3, -0.25) is 0 Å². The van der Waals surface area contributed by atoms with Crippen molar-refractivity contribution in [2.75, 3.05) is 0 Å². The molecule has 0 aromatic heterocycles. The summed E-state index contributed by atoms with van der Waals surface area (Å²) in [5.74, 6) is 0. The first-order chi connectivity index (χ1) is 7.79. The lowest BCUT2D eigenvalue weighted by molar-refractivity contribution is 0.279. The highest BCUT2D eigenvalue weighted by Gasteiger charge is 2.03. The number of rotatable bonds is 3. The van der Waals surface area contributed by atoms with Gasteiger partial charge in [-0.15, -0.1) is 0 Å². The van der Waals surface area contributed by atoms with Crippen LogP contribution in [0.25, 0.3) is 0 Å². The molecule has 0 saturated heterocycles. The second kappa shape index (κ2) is 5.19. The Balaban J connectivity index is 2.28. The molecule has 2 rings (SSSR count). The number of hydrogen-bond donors (Lipinski definition) is 1. The Hall–Kier alpha value is -1.25. The van der Waals surface area contributed by atoms with E-state index in [1.807, 2.05) is 31.2 Å². The summed E-state index contributed by atoms with van der Waals surface area (Å²) in [4.78, 5) is 2.32. The van der Waals surface area contributed by atoms with Gasteiger partial charge in [0.2, 0.25) is 0 Å². The maximum absolute atomic E-state index is 9.31. The molecule has 1 nitrogen and oxygen atoms in total. The third kappa shape index (κ3) is 2.65. The van der Waals surface area contributed by atoms with E-state index in [1.54, 1.807) is 11.8 Å². The van der Waals surface area contributed by atoms with E-state index in [4.69, 9.17) is 0 Å². The minimum absolute atomic E-state index is 0.0941. The molecule has 0 heterocycles. The average molecular weight is 230 g/mol. The molecule has 2 aromatic carbocycles. The zero-order valence-corrected chi connectivity index (χ0v) is 10.00. The lowest BCUT2D eigenvalue weighted by Crippen LogP contribution is -1.88. The summed E-state index contributed by atoms with van der Waals surface area (Å²) in [5, 5.41) is 9.31. The molecule has 0 aliphatic heterocycles. The fourth-order valence-electron chi connectivity index (χ4n) is 1.55. The Morgan fingerprint density at radius 1 is 1.06 bits per heavy atom. The predicted molar refractivity (Wildman–Crippen MR) is 67.7 cm³/mol. The summed E-state index contributed by atoms with van der Waals surface area (Å²) in [5.41, 5.74) is 2.18. The quantitative estimate of drug-likeness (QED) is 0.868. The first-order valence-electron chi connectivity index (χ1n) is 5.23. The summed E-state index contributed by atoms with van der Waals surface area (Å²) in [7, 11) is 0. The van der Waals surface area contributed by atoms with Crippen molar-refractivity contribution in [3.05, 3.63) is 59.7 Å². The van der Waals surface area contributed by atoms with Crippen molar-refractivity contribution in [3.8, 4) is 0 Å². The second-order valence-corrected chi connectivity index (χ2v) is 4.80. The summed E-state index contributed by atoms with van der Waals surface area (Å²) in [6.07, 6.45) is 0. The lowest BCUT2D eigenvalue weighted by Gasteiger charge is -2.07. The molecular weight excluding hydrogens is 216 g/mol. The normalized spacial score (nSPS) is 10.4. The first kappa shape index (κ1) is 11.2. The molecule has 2 aromatic rings. The smallest absolute Gasteiger partial charge is 0.0692 e. The Labute approximate surface area is 100 Å². The van der Waals surface area contributed by atoms with E-state index in [-0.39, 0.29) is 6.61 Å². The van der Waals surface area contributed by atoms with E-state index in [2.05, 4.69) is 24.3 Å². The molecule has 0 aliphatic carbocycles. The first-order valence-corrected chi connectivity index (χ1v) is 6.04. The highest BCUT2D eigenvalue weighted by molar-refractivity contribution is 7.99. The van der Waals surface area contributed by atoms with E-state index >= 15 is 0 Å². The van der Waals surface area contributed by atoms with E-state index in [1.165, 1.54) is 10.5 Å². The molecule has 16 heavy (non-hydrogen) atoms. The van der Waals surface area contributed by atoms with Gasteiger partial charge in [-0.25, -0.2) is 0 Å². The van der Waals surface area contributed by atoms with Crippen LogP contribution in [0.4, 0.5) is 0 Å².